The van der Waals surface area contributed by atoms with Crippen LogP contribution in [0.25, 0.3) is 0 Å². The maximum absolute atomic E-state index is 6.18. The van der Waals surface area contributed by atoms with Crippen LogP contribution in [0.1, 0.15) is 51.1 Å². The summed E-state index contributed by atoms with van der Waals surface area (Å²) in [6, 6.07) is 4.15. The quantitative estimate of drug-likeness (QED) is 0.725. The molecule has 0 bridgehead atoms. The van der Waals surface area contributed by atoms with Gasteiger partial charge in [-0.3, -0.25) is 4.98 Å². The third-order valence-electron chi connectivity index (χ3n) is 2.95. The van der Waals surface area contributed by atoms with Gasteiger partial charge < -0.3 is 5.73 Å². The van der Waals surface area contributed by atoms with Gasteiger partial charge in [0, 0.05) is 18.4 Å². The molecule has 0 spiro atoms. The lowest BCUT2D eigenvalue weighted by molar-refractivity contribution is 0.417. The molecule has 0 aromatic carbocycles. The van der Waals surface area contributed by atoms with Gasteiger partial charge in [-0.25, -0.2) is 0 Å². The second-order valence-corrected chi connectivity index (χ2v) is 4.29. The van der Waals surface area contributed by atoms with E-state index >= 15 is 0 Å². The van der Waals surface area contributed by atoms with Crippen LogP contribution in [-0.4, -0.2) is 4.98 Å². The van der Waals surface area contributed by atoms with Crippen molar-refractivity contribution in [2.75, 3.05) is 0 Å². The van der Waals surface area contributed by atoms with Crippen LogP contribution in [0.2, 0.25) is 0 Å². The predicted molar refractivity (Wildman–Crippen MR) is 64.5 cm³/mol. The van der Waals surface area contributed by atoms with Gasteiger partial charge in [0.1, 0.15) is 0 Å². The summed E-state index contributed by atoms with van der Waals surface area (Å²) in [6.07, 6.45) is 8.74. The first-order valence-electron chi connectivity index (χ1n) is 5.91. The summed E-state index contributed by atoms with van der Waals surface area (Å²) in [5, 5.41) is 0. The molecule has 2 unspecified atom stereocenters. The van der Waals surface area contributed by atoms with Gasteiger partial charge in [-0.05, 0) is 24.0 Å². The normalized spacial score (nSPS) is 14.9. The zero-order valence-corrected chi connectivity index (χ0v) is 9.82. The zero-order chi connectivity index (χ0) is 11.1. The van der Waals surface area contributed by atoms with Crippen LogP contribution in [0.15, 0.2) is 24.5 Å². The van der Waals surface area contributed by atoms with E-state index in [2.05, 4.69) is 24.9 Å². The minimum Gasteiger partial charge on any atom is -0.324 e. The van der Waals surface area contributed by atoms with E-state index in [1.54, 1.807) is 6.20 Å². The summed E-state index contributed by atoms with van der Waals surface area (Å²) in [5.74, 6) is 0.542. The Balaban J connectivity index is 2.42. The van der Waals surface area contributed by atoms with Gasteiger partial charge >= 0.3 is 0 Å². The van der Waals surface area contributed by atoms with E-state index in [-0.39, 0.29) is 6.04 Å². The van der Waals surface area contributed by atoms with E-state index in [9.17, 15) is 0 Å². The predicted octanol–water partition coefficient (Wildman–Crippen LogP) is 3.30. The molecular weight excluding hydrogens is 184 g/mol. The molecule has 0 saturated heterocycles. The zero-order valence-electron chi connectivity index (χ0n) is 9.82. The Labute approximate surface area is 92.9 Å². The Kier molecular flexibility index (Phi) is 5.33. The average molecular weight is 206 g/mol. The van der Waals surface area contributed by atoms with Gasteiger partial charge in [-0.15, -0.1) is 0 Å². The molecule has 0 aliphatic heterocycles. The van der Waals surface area contributed by atoms with E-state index < -0.39 is 0 Å². The molecule has 84 valence electrons. The van der Waals surface area contributed by atoms with Crippen molar-refractivity contribution in [3.63, 3.8) is 0 Å². The van der Waals surface area contributed by atoms with Crippen LogP contribution in [0, 0.1) is 5.92 Å². The molecule has 0 amide bonds. The fraction of sp³-hybridized carbons (Fsp3) is 0.615. The number of hydrogen-bond donors (Lipinski definition) is 1. The van der Waals surface area contributed by atoms with Crippen LogP contribution in [0.5, 0.6) is 0 Å². The number of unbranched alkanes of at least 4 members (excludes halogenated alkanes) is 2. The lowest BCUT2D eigenvalue weighted by Gasteiger charge is -2.19. The molecule has 1 aromatic rings. The lowest BCUT2D eigenvalue weighted by Crippen LogP contribution is -2.19. The summed E-state index contributed by atoms with van der Waals surface area (Å²) in [5.41, 5.74) is 7.33. The Bertz CT molecular complexity index is 258. The van der Waals surface area contributed by atoms with Gasteiger partial charge in [0.15, 0.2) is 0 Å². The number of nitrogens with two attached hydrogens (primary N) is 1. The largest absolute Gasteiger partial charge is 0.324 e. The number of pyridine rings is 1. The third kappa shape index (κ3) is 4.00. The van der Waals surface area contributed by atoms with Crippen molar-refractivity contribution in [2.24, 2.45) is 11.7 Å². The van der Waals surface area contributed by atoms with Crippen LogP contribution >= 0.6 is 0 Å². The molecule has 15 heavy (non-hydrogen) atoms. The van der Waals surface area contributed by atoms with Crippen molar-refractivity contribution in [2.45, 2.75) is 45.6 Å². The van der Waals surface area contributed by atoms with Crippen LogP contribution in [0.4, 0.5) is 0 Å². The Morgan fingerprint density at radius 2 is 2.20 bits per heavy atom. The summed E-state index contributed by atoms with van der Waals surface area (Å²) >= 11 is 0. The fourth-order valence-electron chi connectivity index (χ4n) is 1.80. The molecule has 0 radical (unpaired) electrons. The molecule has 0 aliphatic rings. The molecule has 0 fully saturated rings. The van der Waals surface area contributed by atoms with Crippen LogP contribution in [0.3, 0.4) is 0 Å². The van der Waals surface area contributed by atoms with Gasteiger partial charge in [-0.2, -0.15) is 0 Å². The summed E-state index contributed by atoms with van der Waals surface area (Å²) in [6.45, 7) is 4.46. The topological polar surface area (TPSA) is 38.9 Å². The van der Waals surface area contributed by atoms with Crippen molar-refractivity contribution < 1.29 is 0 Å². The first-order chi connectivity index (χ1) is 7.25. The second kappa shape index (κ2) is 6.57. The second-order valence-electron chi connectivity index (χ2n) is 4.29. The molecule has 2 atom stereocenters. The summed E-state index contributed by atoms with van der Waals surface area (Å²) in [7, 11) is 0. The molecule has 2 N–H and O–H groups in total. The SMILES string of the molecule is CCCCCC(C)C(N)c1cccnc1. The molecular formula is C13H22N2. The van der Waals surface area contributed by atoms with Crippen molar-refractivity contribution in [3.8, 4) is 0 Å². The van der Waals surface area contributed by atoms with Crippen LogP contribution in [-0.2, 0) is 0 Å². The maximum atomic E-state index is 6.18. The van der Waals surface area contributed by atoms with E-state index in [4.69, 9.17) is 5.73 Å². The molecule has 1 heterocycles. The molecule has 2 heteroatoms. The fourth-order valence-corrected chi connectivity index (χ4v) is 1.80. The molecule has 1 rings (SSSR count). The van der Waals surface area contributed by atoms with Crippen molar-refractivity contribution in [1.29, 1.82) is 0 Å². The Morgan fingerprint density at radius 3 is 2.80 bits per heavy atom. The Hall–Kier alpha value is -0.890. The lowest BCUT2D eigenvalue weighted by atomic mass is 9.92. The van der Waals surface area contributed by atoms with Crippen LogP contribution < -0.4 is 5.73 Å². The Morgan fingerprint density at radius 1 is 1.40 bits per heavy atom. The average Bonchev–Trinajstić information content (AvgIpc) is 2.29. The number of nitrogens with zero attached hydrogens (tertiary/aromatic N) is 1. The highest BCUT2D eigenvalue weighted by Crippen LogP contribution is 2.23. The molecule has 2 nitrogen and oxygen atoms in total. The standard InChI is InChI=1S/C13H22N2/c1-3-4-5-7-11(2)13(14)12-8-6-9-15-10-12/h6,8-11,13H,3-5,7,14H2,1-2H3. The maximum Gasteiger partial charge on any atom is 0.0336 e. The van der Waals surface area contributed by atoms with E-state index in [0.29, 0.717) is 5.92 Å². The number of aromatic nitrogens is 1. The highest BCUT2D eigenvalue weighted by Gasteiger charge is 2.14. The minimum absolute atomic E-state index is 0.135. The highest BCUT2D eigenvalue weighted by atomic mass is 14.7. The van der Waals surface area contributed by atoms with Crippen molar-refractivity contribution in [1.82, 2.24) is 4.98 Å². The summed E-state index contributed by atoms with van der Waals surface area (Å²) < 4.78 is 0. The number of rotatable bonds is 6. The first kappa shape index (κ1) is 12.2. The number of hydrogen-bond acceptors (Lipinski definition) is 2. The molecule has 1 aromatic heterocycles. The van der Waals surface area contributed by atoms with E-state index in [1.807, 2.05) is 12.3 Å². The van der Waals surface area contributed by atoms with Crippen molar-refractivity contribution in [3.05, 3.63) is 30.1 Å². The molecule has 0 saturated carbocycles. The summed E-state index contributed by atoms with van der Waals surface area (Å²) in [4.78, 5) is 4.10. The first-order valence-corrected chi connectivity index (χ1v) is 5.91. The van der Waals surface area contributed by atoms with E-state index in [1.165, 1.54) is 25.7 Å². The minimum atomic E-state index is 0.135. The van der Waals surface area contributed by atoms with Gasteiger partial charge in [0.2, 0.25) is 0 Å². The smallest absolute Gasteiger partial charge is 0.0336 e. The van der Waals surface area contributed by atoms with Crippen molar-refractivity contribution >= 4 is 0 Å². The van der Waals surface area contributed by atoms with Gasteiger partial charge in [-0.1, -0.05) is 39.2 Å². The van der Waals surface area contributed by atoms with Gasteiger partial charge in [0.25, 0.3) is 0 Å². The highest BCUT2D eigenvalue weighted by molar-refractivity contribution is 5.13. The van der Waals surface area contributed by atoms with E-state index in [0.717, 1.165) is 5.56 Å². The van der Waals surface area contributed by atoms with Gasteiger partial charge in [0.05, 0.1) is 0 Å². The molecule has 0 aliphatic carbocycles. The monoisotopic (exact) mass is 206 g/mol. The third-order valence-corrected chi connectivity index (χ3v) is 2.95.